The Kier molecular flexibility index (Phi) is 6.61. The summed E-state index contributed by atoms with van der Waals surface area (Å²) in [7, 11) is 1.59. The van der Waals surface area contributed by atoms with Gasteiger partial charge in [0.2, 0.25) is 0 Å². The molecule has 25 heavy (non-hydrogen) atoms. The molecular formula is C17H18N4O4. The fraction of sp³-hybridized carbons (Fsp3) is 0.176. The molecule has 1 heterocycles. The van der Waals surface area contributed by atoms with Gasteiger partial charge in [-0.1, -0.05) is 18.7 Å². The molecule has 1 aromatic carbocycles. The Balaban J connectivity index is 1.69. The van der Waals surface area contributed by atoms with Crippen LogP contribution in [0.5, 0.6) is 5.75 Å². The fourth-order valence-corrected chi connectivity index (χ4v) is 1.81. The second-order valence-electron chi connectivity index (χ2n) is 4.95. The monoisotopic (exact) mass is 342 g/mol. The van der Waals surface area contributed by atoms with E-state index >= 15 is 0 Å². The van der Waals surface area contributed by atoms with Crippen molar-refractivity contribution in [3.8, 4) is 5.75 Å². The molecule has 0 saturated carbocycles. The quantitative estimate of drug-likeness (QED) is 0.572. The molecule has 0 aliphatic heterocycles. The first-order valence-corrected chi connectivity index (χ1v) is 7.34. The standard InChI is InChI=1S/C17H18N4O4/c1-12(14-7-18-11-19-8-14)17(23)21-20-16(22)10-25-9-13-3-5-15(24-2)6-4-13/h3-8,11H,1,9-10H2,2H3,(H,20,22)(H,21,23). The number of carbonyl (C=O) groups is 2. The molecule has 0 radical (unpaired) electrons. The summed E-state index contributed by atoms with van der Waals surface area (Å²) in [5.41, 5.74) is 6.01. The highest BCUT2D eigenvalue weighted by molar-refractivity contribution is 6.18. The number of nitrogens with one attached hydrogen (secondary N) is 2. The van der Waals surface area contributed by atoms with Gasteiger partial charge in [0.05, 0.1) is 13.7 Å². The number of amides is 2. The van der Waals surface area contributed by atoms with Crippen molar-refractivity contribution in [1.29, 1.82) is 0 Å². The number of hydrazine groups is 1. The van der Waals surface area contributed by atoms with Gasteiger partial charge in [-0.2, -0.15) is 0 Å². The van der Waals surface area contributed by atoms with Crippen molar-refractivity contribution in [2.75, 3.05) is 13.7 Å². The van der Waals surface area contributed by atoms with Crippen molar-refractivity contribution in [3.05, 3.63) is 60.7 Å². The number of aromatic nitrogens is 2. The van der Waals surface area contributed by atoms with Crippen LogP contribution < -0.4 is 15.6 Å². The molecule has 1 aromatic heterocycles. The van der Waals surface area contributed by atoms with Crippen LogP contribution >= 0.6 is 0 Å². The van der Waals surface area contributed by atoms with E-state index in [9.17, 15) is 9.59 Å². The van der Waals surface area contributed by atoms with Crippen LogP contribution in [0.2, 0.25) is 0 Å². The van der Waals surface area contributed by atoms with Gasteiger partial charge in [-0.05, 0) is 17.7 Å². The van der Waals surface area contributed by atoms with Gasteiger partial charge in [-0.15, -0.1) is 0 Å². The summed E-state index contributed by atoms with van der Waals surface area (Å²) in [6.07, 6.45) is 4.25. The highest BCUT2D eigenvalue weighted by Gasteiger charge is 2.11. The van der Waals surface area contributed by atoms with Crippen molar-refractivity contribution >= 4 is 17.4 Å². The molecule has 0 aliphatic carbocycles. The molecule has 0 unspecified atom stereocenters. The molecule has 2 N–H and O–H groups in total. The van der Waals surface area contributed by atoms with E-state index in [1.54, 1.807) is 19.2 Å². The number of methoxy groups -OCH3 is 1. The Hall–Kier alpha value is -3.26. The largest absolute Gasteiger partial charge is 0.497 e. The predicted molar refractivity (Wildman–Crippen MR) is 90.0 cm³/mol. The highest BCUT2D eigenvalue weighted by atomic mass is 16.5. The molecule has 0 spiro atoms. The molecular weight excluding hydrogens is 324 g/mol. The molecule has 2 amide bonds. The van der Waals surface area contributed by atoms with E-state index < -0.39 is 11.8 Å². The van der Waals surface area contributed by atoms with Crippen LogP contribution in [0.4, 0.5) is 0 Å². The average Bonchev–Trinajstić information content (AvgIpc) is 2.66. The number of carbonyl (C=O) groups excluding carboxylic acids is 2. The van der Waals surface area contributed by atoms with Crippen LogP contribution in [0.25, 0.3) is 5.57 Å². The molecule has 0 aliphatic rings. The maximum absolute atomic E-state index is 11.9. The van der Waals surface area contributed by atoms with Crippen molar-refractivity contribution in [2.45, 2.75) is 6.61 Å². The molecule has 0 fully saturated rings. The predicted octanol–water partition coefficient (Wildman–Crippen LogP) is 0.863. The molecule has 0 atom stereocenters. The van der Waals surface area contributed by atoms with Crippen LogP contribution in [0.15, 0.2) is 49.6 Å². The highest BCUT2D eigenvalue weighted by Crippen LogP contribution is 2.11. The lowest BCUT2D eigenvalue weighted by molar-refractivity contribution is -0.130. The number of ether oxygens (including phenoxy) is 2. The molecule has 2 rings (SSSR count). The van der Waals surface area contributed by atoms with Crippen molar-refractivity contribution in [2.24, 2.45) is 0 Å². The minimum Gasteiger partial charge on any atom is -0.497 e. The summed E-state index contributed by atoms with van der Waals surface area (Å²) in [6, 6.07) is 7.28. The third kappa shape index (κ3) is 5.70. The van der Waals surface area contributed by atoms with Gasteiger partial charge >= 0.3 is 0 Å². The number of nitrogens with zero attached hydrogens (tertiary/aromatic N) is 2. The number of hydrogen-bond acceptors (Lipinski definition) is 6. The molecule has 130 valence electrons. The van der Waals surface area contributed by atoms with E-state index in [1.165, 1.54) is 18.7 Å². The lowest BCUT2D eigenvalue weighted by Gasteiger charge is -2.09. The SMILES string of the molecule is C=C(C(=O)NNC(=O)COCc1ccc(OC)cc1)c1cncnc1. The minimum atomic E-state index is -0.557. The van der Waals surface area contributed by atoms with Crippen LogP contribution in [-0.4, -0.2) is 35.5 Å². The summed E-state index contributed by atoms with van der Waals surface area (Å²) in [5, 5.41) is 0. The Morgan fingerprint density at radius 2 is 1.80 bits per heavy atom. The Labute approximate surface area is 144 Å². The van der Waals surface area contributed by atoms with Gasteiger partial charge < -0.3 is 9.47 Å². The summed E-state index contributed by atoms with van der Waals surface area (Å²) in [4.78, 5) is 31.1. The topological polar surface area (TPSA) is 102 Å². The zero-order valence-electron chi connectivity index (χ0n) is 13.7. The van der Waals surface area contributed by atoms with Gasteiger partial charge in [0.15, 0.2) is 0 Å². The van der Waals surface area contributed by atoms with Crippen LogP contribution in [0, 0.1) is 0 Å². The maximum atomic E-state index is 11.9. The summed E-state index contributed by atoms with van der Waals surface area (Å²) in [6.45, 7) is 3.70. The molecule has 0 bridgehead atoms. The lowest BCUT2D eigenvalue weighted by Crippen LogP contribution is -2.43. The zero-order valence-corrected chi connectivity index (χ0v) is 13.7. The van der Waals surface area contributed by atoms with Crippen LogP contribution in [0.3, 0.4) is 0 Å². The second kappa shape index (κ2) is 9.14. The molecule has 8 heteroatoms. The van der Waals surface area contributed by atoms with Crippen molar-refractivity contribution in [1.82, 2.24) is 20.8 Å². The summed E-state index contributed by atoms with van der Waals surface area (Å²) in [5.74, 6) is -0.300. The van der Waals surface area contributed by atoms with E-state index in [2.05, 4.69) is 27.4 Å². The van der Waals surface area contributed by atoms with E-state index in [1.807, 2.05) is 12.1 Å². The number of benzene rings is 1. The third-order valence-electron chi connectivity index (χ3n) is 3.16. The van der Waals surface area contributed by atoms with Gasteiger partial charge in [0.25, 0.3) is 11.8 Å². The minimum absolute atomic E-state index is 0.139. The van der Waals surface area contributed by atoms with Crippen molar-refractivity contribution in [3.63, 3.8) is 0 Å². The first-order valence-electron chi connectivity index (χ1n) is 7.34. The number of rotatable bonds is 7. The van der Waals surface area contributed by atoms with Gasteiger partial charge in [-0.3, -0.25) is 20.4 Å². The lowest BCUT2D eigenvalue weighted by atomic mass is 10.1. The van der Waals surface area contributed by atoms with E-state index in [4.69, 9.17) is 9.47 Å². The first-order chi connectivity index (χ1) is 12.1. The summed E-state index contributed by atoms with van der Waals surface area (Å²) < 4.78 is 10.3. The Morgan fingerprint density at radius 1 is 1.12 bits per heavy atom. The van der Waals surface area contributed by atoms with Crippen molar-refractivity contribution < 1.29 is 19.1 Å². The van der Waals surface area contributed by atoms with Crippen LogP contribution in [0.1, 0.15) is 11.1 Å². The average molecular weight is 342 g/mol. The summed E-state index contributed by atoms with van der Waals surface area (Å²) >= 11 is 0. The van der Waals surface area contributed by atoms with Crippen LogP contribution in [-0.2, 0) is 20.9 Å². The maximum Gasteiger partial charge on any atom is 0.269 e. The zero-order chi connectivity index (χ0) is 18.1. The van der Waals surface area contributed by atoms with E-state index in [-0.39, 0.29) is 18.8 Å². The smallest absolute Gasteiger partial charge is 0.269 e. The second-order valence-corrected chi connectivity index (χ2v) is 4.95. The Morgan fingerprint density at radius 3 is 2.44 bits per heavy atom. The fourth-order valence-electron chi connectivity index (χ4n) is 1.81. The third-order valence-corrected chi connectivity index (χ3v) is 3.16. The molecule has 2 aromatic rings. The normalized spacial score (nSPS) is 9.96. The van der Waals surface area contributed by atoms with Gasteiger partial charge in [-0.25, -0.2) is 9.97 Å². The number of hydrogen-bond donors (Lipinski definition) is 2. The van der Waals surface area contributed by atoms with E-state index in [0.717, 1.165) is 11.3 Å². The first kappa shape index (κ1) is 18.1. The van der Waals surface area contributed by atoms with Gasteiger partial charge in [0.1, 0.15) is 18.7 Å². The van der Waals surface area contributed by atoms with Gasteiger partial charge in [0, 0.05) is 23.5 Å². The Bertz CT molecular complexity index is 732. The molecule has 8 nitrogen and oxygen atoms in total. The molecule has 0 saturated heterocycles. The van der Waals surface area contributed by atoms with E-state index in [0.29, 0.717) is 5.56 Å².